The molecule has 18 heavy (non-hydrogen) atoms. The van der Waals surface area contributed by atoms with Gasteiger partial charge >= 0.3 is 0 Å². The minimum absolute atomic E-state index is 0.612. The molecule has 1 aromatic rings. The molecule has 1 aliphatic carbocycles. The zero-order valence-electron chi connectivity index (χ0n) is 11.7. The zero-order valence-corrected chi connectivity index (χ0v) is 11.7. The van der Waals surface area contributed by atoms with Crippen LogP contribution in [0.5, 0.6) is 0 Å². The van der Waals surface area contributed by atoms with Crippen molar-refractivity contribution in [2.75, 3.05) is 19.3 Å². The molecular formula is C14H26N4. The highest BCUT2D eigenvalue weighted by Gasteiger charge is 2.22. The Balaban J connectivity index is 1.73. The van der Waals surface area contributed by atoms with E-state index in [0.717, 1.165) is 25.0 Å². The Bertz CT molecular complexity index is 352. The Morgan fingerprint density at radius 3 is 2.67 bits per heavy atom. The summed E-state index contributed by atoms with van der Waals surface area (Å²) in [5, 5.41) is 4.22. The van der Waals surface area contributed by atoms with Gasteiger partial charge < -0.3 is 10.6 Å². The van der Waals surface area contributed by atoms with Crippen molar-refractivity contribution >= 4 is 5.82 Å². The van der Waals surface area contributed by atoms with Crippen molar-refractivity contribution in [3.8, 4) is 0 Å². The maximum absolute atomic E-state index is 5.61. The van der Waals surface area contributed by atoms with Gasteiger partial charge in [0.1, 0.15) is 5.82 Å². The van der Waals surface area contributed by atoms with Crippen LogP contribution in [-0.4, -0.2) is 34.3 Å². The molecule has 0 saturated heterocycles. The molecule has 0 atom stereocenters. The van der Waals surface area contributed by atoms with Crippen LogP contribution < -0.4 is 5.73 Å². The van der Waals surface area contributed by atoms with Gasteiger partial charge in [-0.05, 0) is 44.7 Å². The number of anilines is 1. The molecule has 0 aliphatic heterocycles. The molecule has 1 fully saturated rings. The van der Waals surface area contributed by atoms with Crippen LogP contribution in [0.4, 0.5) is 5.82 Å². The second kappa shape index (κ2) is 6.23. The van der Waals surface area contributed by atoms with Crippen molar-refractivity contribution in [3.63, 3.8) is 0 Å². The van der Waals surface area contributed by atoms with Gasteiger partial charge in [0.25, 0.3) is 0 Å². The molecule has 0 aromatic carbocycles. The normalized spacial score (nSPS) is 24.6. The van der Waals surface area contributed by atoms with E-state index in [2.05, 4.69) is 24.0 Å². The van der Waals surface area contributed by atoms with E-state index >= 15 is 0 Å². The molecule has 0 spiro atoms. The van der Waals surface area contributed by atoms with Gasteiger partial charge in [0.05, 0.1) is 6.54 Å². The van der Waals surface area contributed by atoms with Crippen LogP contribution in [-0.2, 0) is 6.54 Å². The summed E-state index contributed by atoms with van der Waals surface area (Å²) in [6.45, 7) is 4.31. The van der Waals surface area contributed by atoms with Crippen molar-refractivity contribution in [1.82, 2.24) is 14.7 Å². The van der Waals surface area contributed by atoms with Crippen LogP contribution in [0.1, 0.15) is 39.0 Å². The third kappa shape index (κ3) is 3.48. The molecule has 0 unspecified atom stereocenters. The molecule has 1 aliphatic rings. The Kier molecular flexibility index (Phi) is 4.64. The summed E-state index contributed by atoms with van der Waals surface area (Å²) >= 11 is 0. The number of hydrogen-bond donors (Lipinski definition) is 1. The maximum atomic E-state index is 5.61. The summed E-state index contributed by atoms with van der Waals surface area (Å²) in [7, 11) is 2.24. The molecular weight excluding hydrogens is 224 g/mol. The van der Waals surface area contributed by atoms with Crippen molar-refractivity contribution in [1.29, 1.82) is 0 Å². The quantitative estimate of drug-likeness (QED) is 0.872. The predicted molar refractivity (Wildman–Crippen MR) is 75.3 cm³/mol. The molecule has 1 heterocycles. The van der Waals surface area contributed by atoms with Crippen LogP contribution in [0.2, 0.25) is 0 Å². The summed E-state index contributed by atoms with van der Waals surface area (Å²) < 4.78 is 1.93. The van der Waals surface area contributed by atoms with Crippen molar-refractivity contribution in [3.05, 3.63) is 12.3 Å². The summed E-state index contributed by atoms with van der Waals surface area (Å²) in [6, 6.07) is 2.62. The van der Waals surface area contributed by atoms with E-state index in [1.54, 1.807) is 0 Å². The van der Waals surface area contributed by atoms with Crippen molar-refractivity contribution in [2.24, 2.45) is 5.92 Å². The van der Waals surface area contributed by atoms with Crippen LogP contribution in [0, 0.1) is 5.92 Å². The molecule has 1 saturated carbocycles. The Hall–Kier alpha value is -1.03. The van der Waals surface area contributed by atoms with Gasteiger partial charge in [-0.3, -0.25) is 4.68 Å². The standard InChI is InChI=1S/C14H26N4/c1-3-12-4-6-13(7-5-12)17(2)10-11-18-9-8-14(15)16-18/h8-9,12-13H,3-7,10-11H2,1-2H3,(H2,15,16). The highest BCUT2D eigenvalue weighted by molar-refractivity contribution is 5.23. The summed E-state index contributed by atoms with van der Waals surface area (Å²) in [4.78, 5) is 2.49. The molecule has 1 aromatic heterocycles. The molecule has 2 rings (SSSR count). The maximum Gasteiger partial charge on any atom is 0.145 e. The highest BCUT2D eigenvalue weighted by Crippen LogP contribution is 2.28. The van der Waals surface area contributed by atoms with Crippen molar-refractivity contribution in [2.45, 2.75) is 51.6 Å². The first-order valence-electron chi connectivity index (χ1n) is 7.18. The smallest absolute Gasteiger partial charge is 0.145 e. The number of nitrogens with zero attached hydrogens (tertiary/aromatic N) is 3. The Morgan fingerprint density at radius 2 is 2.11 bits per heavy atom. The minimum atomic E-state index is 0.612. The van der Waals surface area contributed by atoms with E-state index < -0.39 is 0 Å². The van der Waals surface area contributed by atoms with Crippen molar-refractivity contribution < 1.29 is 0 Å². The van der Waals surface area contributed by atoms with Gasteiger partial charge in [-0.25, -0.2) is 0 Å². The Morgan fingerprint density at radius 1 is 1.39 bits per heavy atom. The molecule has 4 nitrogen and oxygen atoms in total. The van der Waals surface area contributed by atoms with E-state index in [1.165, 1.54) is 32.1 Å². The monoisotopic (exact) mass is 250 g/mol. The first-order valence-corrected chi connectivity index (χ1v) is 7.18. The average Bonchev–Trinajstić information content (AvgIpc) is 2.82. The summed E-state index contributed by atoms with van der Waals surface area (Å²) in [6.07, 6.45) is 8.83. The van der Waals surface area contributed by atoms with Gasteiger partial charge in [0.15, 0.2) is 0 Å². The lowest BCUT2D eigenvalue weighted by Gasteiger charge is -2.34. The van der Waals surface area contributed by atoms with Crippen LogP contribution in [0.15, 0.2) is 12.3 Å². The summed E-state index contributed by atoms with van der Waals surface area (Å²) in [5.74, 6) is 1.58. The third-order valence-electron chi connectivity index (χ3n) is 4.36. The van der Waals surface area contributed by atoms with Gasteiger partial charge in [0, 0.05) is 18.8 Å². The molecule has 102 valence electrons. The van der Waals surface area contributed by atoms with Gasteiger partial charge in [-0.1, -0.05) is 13.3 Å². The second-order valence-corrected chi connectivity index (χ2v) is 5.57. The van der Waals surface area contributed by atoms with E-state index in [-0.39, 0.29) is 0 Å². The van der Waals surface area contributed by atoms with Gasteiger partial charge in [0.2, 0.25) is 0 Å². The molecule has 0 radical (unpaired) electrons. The molecule has 4 heteroatoms. The lowest BCUT2D eigenvalue weighted by atomic mass is 9.84. The minimum Gasteiger partial charge on any atom is -0.382 e. The number of rotatable bonds is 5. The van der Waals surface area contributed by atoms with Crippen LogP contribution in [0.3, 0.4) is 0 Å². The number of aromatic nitrogens is 2. The van der Waals surface area contributed by atoms with Crippen LogP contribution >= 0.6 is 0 Å². The number of nitrogens with two attached hydrogens (primary N) is 1. The second-order valence-electron chi connectivity index (χ2n) is 5.57. The zero-order chi connectivity index (χ0) is 13.0. The fourth-order valence-electron chi connectivity index (χ4n) is 2.94. The van der Waals surface area contributed by atoms with E-state index in [4.69, 9.17) is 5.73 Å². The topological polar surface area (TPSA) is 47.1 Å². The first kappa shape index (κ1) is 13.4. The molecule has 0 amide bonds. The Labute approximate surface area is 110 Å². The highest BCUT2D eigenvalue weighted by atomic mass is 15.3. The van der Waals surface area contributed by atoms with Gasteiger partial charge in [-0.2, -0.15) is 5.10 Å². The number of hydrogen-bond acceptors (Lipinski definition) is 3. The molecule has 2 N–H and O–H groups in total. The largest absolute Gasteiger partial charge is 0.382 e. The lowest BCUT2D eigenvalue weighted by molar-refractivity contribution is 0.158. The number of likely N-dealkylation sites (N-methyl/N-ethyl adjacent to an activating group) is 1. The SMILES string of the molecule is CCC1CCC(N(C)CCn2ccc(N)n2)CC1. The molecule has 0 bridgehead atoms. The van der Waals surface area contributed by atoms with Gasteiger partial charge in [-0.15, -0.1) is 0 Å². The lowest BCUT2D eigenvalue weighted by Crippen LogP contribution is -2.37. The van der Waals surface area contributed by atoms with E-state index in [0.29, 0.717) is 5.82 Å². The van der Waals surface area contributed by atoms with E-state index in [9.17, 15) is 0 Å². The predicted octanol–water partition coefficient (Wildman–Crippen LogP) is 2.37. The summed E-state index contributed by atoms with van der Waals surface area (Å²) in [5.41, 5.74) is 5.61. The number of nitrogen functional groups attached to an aromatic ring is 1. The third-order valence-corrected chi connectivity index (χ3v) is 4.36. The van der Waals surface area contributed by atoms with Crippen LogP contribution in [0.25, 0.3) is 0 Å². The van der Waals surface area contributed by atoms with E-state index in [1.807, 2.05) is 16.9 Å². The average molecular weight is 250 g/mol. The fourth-order valence-corrected chi connectivity index (χ4v) is 2.94. The fraction of sp³-hybridized carbons (Fsp3) is 0.786. The first-order chi connectivity index (χ1) is 8.69.